The summed E-state index contributed by atoms with van der Waals surface area (Å²) in [5.74, 6) is 1.44. The van der Waals surface area contributed by atoms with Crippen LogP contribution >= 0.6 is 15.9 Å². The van der Waals surface area contributed by atoms with Crippen LogP contribution in [0.3, 0.4) is 0 Å². The highest BCUT2D eigenvalue weighted by atomic mass is 79.9. The number of benzene rings is 4. The van der Waals surface area contributed by atoms with Crippen molar-refractivity contribution in [2.75, 3.05) is 0 Å². The van der Waals surface area contributed by atoms with E-state index < -0.39 is 0 Å². The Hall–Kier alpha value is -4.36. The largest absolute Gasteiger partial charge is 0.416 e. The van der Waals surface area contributed by atoms with E-state index in [2.05, 4.69) is 26.1 Å². The van der Waals surface area contributed by atoms with Gasteiger partial charge in [-0.15, -0.1) is 10.2 Å². The predicted octanol–water partition coefficient (Wildman–Crippen LogP) is 6.53. The van der Waals surface area contributed by atoms with Crippen molar-refractivity contribution in [2.45, 2.75) is 0 Å². The van der Waals surface area contributed by atoms with Crippen LogP contribution in [-0.4, -0.2) is 19.7 Å². The molecule has 2 heterocycles. The van der Waals surface area contributed by atoms with Gasteiger partial charge in [-0.05, 0) is 54.6 Å². The minimum atomic E-state index is -0.146. The lowest BCUT2D eigenvalue weighted by Gasteiger charge is -2.14. The molecule has 2 aromatic heterocycles. The summed E-state index contributed by atoms with van der Waals surface area (Å²) in [6.45, 7) is 0. The molecule has 0 unspecified atom stereocenters. The van der Waals surface area contributed by atoms with Crippen molar-refractivity contribution >= 4 is 26.8 Å². The Morgan fingerprint density at radius 3 is 1.94 bits per heavy atom. The van der Waals surface area contributed by atoms with Crippen LogP contribution in [0.4, 0.5) is 0 Å². The highest BCUT2D eigenvalue weighted by Gasteiger charge is 2.16. The second-order valence-corrected chi connectivity index (χ2v) is 8.84. The maximum absolute atomic E-state index is 13.7. The summed E-state index contributed by atoms with van der Waals surface area (Å²) < 4.78 is 8.34. The van der Waals surface area contributed by atoms with Crippen molar-refractivity contribution in [3.63, 3.8) is 0 Å². The van der Waals surface area contributed by atoms with Crippen molar-refractivity contribution < 1.29 is 4.42 Å². The maximum atomic E-state index is 13.7. The average Bonchev–Trinajstić information content (AvgIpc) is 3.41. The maximum Gasteiger partial charge on any atom is 0.266 e. The fourth-order valence-electron chi connectivity index (χ4n) is 3.97. The number of rotatable bonds is 4. The molecule has 0 N–H and O–H groups in total. The Bertz CT molecular complexity index is 1710. The third-order valence-corrected chi connectivity index (χ3v) is 6.17. The van der Waals surface area contributed by atoms with Crippen molar-refractivity contribution in [2.24, 2.45) is 0 Å². The van der Waals surface area contributed by atoms with E-state index in [1.807, 2.05) is 97.1 Å². The second kappa shape index (κ2) is 8.77. The normalized spacial score (nSPS) is 11.1. The van der Waals surface area contributed by atoms with Crippen LogP contribution < -0.4 is 5.56 Å². The summed E-state index contributed by atoms with van der Waals surface area (Å²) in [7, 11) is 0. The first kappa shape index (κ1) is 21.2. The summed E-state index contributed by atoms with van der Waals surface area (Å²) in [4.78, 5) is 18.5. The topological polar surface area (TPSA) is 73.8 Å². The van der Waals surface area contributed by atoms with E-state index >= 15 is 0 Å². The summed E-state index contributed by atoms with van der Waals surface area (Å²) in [6.07, 6.45) is 0. The van der Waals surface area contributed by atoms with Gasteiger partial charge in [-0.2, -0.15) is 0 Å². The molecule has 0 fully saturated rings. The van der Waals surface area contributed by atoms with Gasteiger partial charge in [-0.25, -0.2) is 4.98 Å². The summed E-state index contributed by atoms with van der Waals surface area (Å²) in [6, 6.07) is 32.3. The van der Waals surface area contributed by atoms with E-state index in [0.717, 1.165) is 21.2 Å². The van der Waals surface area contributed by atoms with Gasteiger partial charge in [0.05, 0.1) is 16.6 Å². The standard InChI is InChI=1S/C28H17BrN4O2/c29-21-13-16-24-23(17-21)28(34)33(25(30-24)18-7-3-1-4-8-18)22-14-11-20(12-15-22)27-32-31-26(35-27)19-9-5-2-6-10-19/h1-17H. The highest BCUT2D eigenvalue weighted by Crippen LogP contribution is 2.27. The van der Waals surface area contributed by atoms with Gasteiger partial charge in [0.15, 0.2) is 0 Å². The lowest BCUT2D eigenvalue weighted by Crippen LogP contribution is -2.22. The summed E-state index contributed by atoms with van der Waals surface area (Å²) in [5.41, 5.74) is 3.65. The molecule has 0 atom stereocenters. The first-order chi connectivity index (χ1) is 17.2. The molecular formula is C28H17BrN4O2. The molecule has 6 nitrogen and oxygen atoms in total. The summed E-state index contributed by atoms with van der Waals surface area (Å²) in [5, 5.41) is 8.90. The molecule has 0 saturated carbocycles. The van der Waals surface area contributed by atoms with Crippen LogP contribution in [0.15, 0.2) is 117 Å². The summed E-state index contributed by atoms with van der Waals surface area (Å²) >= 11 is 3.47. The SMILES string of the molecule is O=c1c2cc(Br)ccc2nc(-c2ccccc2)n1-c1ccc(-c2nnc(-c3ccccc3)o2)cc1. The number of hydrogen-bond donors (Lipinski definition) is 0. The smallest absolute Gasteiger partial charge is 0.266 e. The van der Waals surface area contributed by atoms with Crippen LogP contribution in [0.2, 0.25) is 0 Å². The molecule has 0 aliphatic carbocycles. The van der Waals surface area contributed by atoms with Crippen molar-refractivity contribution in [1.82, 2.24) is 19.7 Å². The number of fused-ring (bicyclic) bond motifs is 1. The Labute approximate surface area is 208 Å². The number of nitrogens with zero attached hydrogens (tertiary/aromatic N) is 4. The molecule has 6 aromatic rings. The van der Waals surface area contributed by atoms with Crippen LogP contribution in [0.5, 0.6) is 0 Å². The minimum Gasteiger partial charge on any atom is -0.416 e. The van der Waals surface area contributed by atoms with E-state index in [1.54, 1.807) is 10.6 Å². The molecule has 7 heteroatoms. The lowest BCUT2D eigenvalue weighted by molar-refractivity contribution is 0.584. The molecule has 0 amide bonds. The van der Waals surface area contributed by atoms with Gasteiger partial charge in [0, 0.05) is 21.2 Å². The van der Waals surface area contributed by atoms with E-state index in [0.29, 0.717) is 34.2 Å². The molecule has 0 saturated heterocycles. The number of halogens is 1. The highest BCUT2D eigenvalue weighted by molar-refractivity contribution is 9.10. The molecule has 6 rings (SSSR count). The molecule has 0 bridgehead atoms. The third kappa shape index (κ3) is 3.96. The van der Waals surface area contributed by atoms with Gasteiger partial charge in [0.2, 0.25) is 11.8 Å². The molecule has 0 aliphatic rings. The van der Waals surface area contributed by atoms with Gasteiger partial charge < -0.3 is 4.42 Å². The molecule has 35 heavy (non-hydrogen) atoms. The molecule has 168 valence electrons. The zero-order valence-corrected chi connectivity index (χ0v) is 19.9. The van der Waals surface area contributed by atoms with Gasteiger partial charge in [0.1, 0.15) is 5.82 Å². The predicted molar refractivity (Wildman–Crippen MR) is 139 cm³/mol. The van der Waals surface area contributed by atoms with E-state index in [9.17, 15) is 4.79 Å². The number of aromatic nitrogens is 4. The van der Waals surface area contributed by atoms with Crippen LogP contribution in [0.1, 0.15) is 0 Å². The van der Waals surface area contributed by atoms with Gasteiger partial charge in [0.25, 0.3) is 5.56 Å². The zero-order valence-electron chi connectivity index (χ0n) is 18.3. The van der Waals surface area contributed by atoms with Crippen LogP contribution in [-0.2, 0) is 0 Å². The van der Waals surface area contributed by atoms with Gasteiger partial charge >= 0.3 is 0 Å². The minimum absolute atomic E-state index is 0.146. The van der Waals surface area contributed by atoms with Gasteiger partial charge in [-0.1, -0.05) is 64.5 Å². The molecular weight excluding hydrogens is 504 g/mol. The first-order valence-corrected chi connectivity index (χ1v) is 11.7. The lowest BCUT2D eigenvalue weighted by atomic mass is 10.1. The van der Waals surface area contributed by atoms with Crippen LogP contribution in [0, 0.1) is 0 Å². The van der Waals surface area contributed by atoms with E-state index in [-0.39, 0.29) is 5.56 Å². The van der Waals surface area contributed by atoms with Crippen molar-refractivity contribution in [3.05, 3.63) is 118 Å². The Balaban J connectivity index is 1.46. The third-order valence-electron chi connectivity index (χ3n) is 5.68. The fraction of sp³-hybridized carbons (Fsp3) is 0. The quantitative estimate of drug-likeness (QED) is 0.264. The molecule has 0 spiro atoms. The van der Waals surface area contributed by atoms with E-state index in [4.69, 9.17) is 9.40 Å². The Morgan fingerprint density at radius 2 is 1.29 bits per heavy atom. The van der Waals surface area contributed by atoms with Crippen molar-refractivity contribution in [1.29, 1.82) is 0 Å². The molecule has 0 aliphatic heterocycles. The van der Waals surface area contributed by atoms with Crippen molar-refractivity contribution in [3.8, 4) is 40.0 Å². The van der Waals surface area contributed by atoms with E-state index in [1.165, 1.54) is 0 Å². The monoisotopic (exact) mass is 520 g/mol. The first-order valence-electron chi connectivity index (χ1n) is 10.9. The average molecular weight is 521 g/mol. The second-order valence-electron chi connectivity index (χ2n) is 7.93. The fourth-order valence-corrected chi connectivity index (χ4v) is 4.33. The molecule has 4 aromatic carbocycles. The van der Waals surface area contributed by atoms with Gasteiger partial charge in [-0.3, -0.25) is 9.36 Å². The Kier molecular flexibility index (Phi) is 5.31. The zero-order chi connectivity index (χ0) is 23.8. The van der Waals surface area contributed by atoms with Crippen LogP contribution in [0.25, 0.3) is 50.9 Å². The molecule has 0 radical (unpaired) electrons. The number of hydrogen-bond acceptors (Lipinski definition) is 5. The Morgan fingerprint density at radius 1 is 0.686 bits per heavy atom.